The second-order valence-corrected chi connectivity index (χ2v) is 5.10. The first kappa shape index (κ1) is 10.2. The minimum absolute atomic E-state index is 0.635. The summed E-state index contributed by atoms with van der Waals surface area (Å²) in [6, 6.07) is 0. The van der Waals surface area contributed by atoms with Crippen molar-refractivity contribution in [2.75, 3.05) is 6.54 Å². The van der Waals surface area contributed by atoms with Crippen molar-refractivity contribution in [3.63, 3.8) is 0 Å². The molecule has 0 amide bonds. The Kier molecular flexibility index (Phi) is 2.43. The molecular weight excluding hydrogens is 198 g/mol. The maximum Gasteiger partial charge on any atom is 0.125 e. The third-order valence-corrected chi connectivity index (χ3v) is 3.78. The molecule has 1 unspecified atom stereocenters. The van der Waals surface area contributed by atoms with Gasteiger partial charge < -0.3 is 5.73 Å². The highest BCUT2D eigenvalue weighted by Gasteiger charge is 2.34. The summed E-state index contributed by atoms with van der Waals surface area (Å²) in [6.07, 6.45) is 6.09. The number of rotatable bonds is 3. The van der Waals surface area contributed by atoms with Gasteiger partial charge in [-0.15, -0.1) is 0 Å². The first-order valence-electron chi connectivity index (χ1n) is 6.37. The molecule has 2 aliphatic carbocycles. The minimum Gasteiger partial charge on any atom is -0.330 e. The number of fused-ring (bicyclic) bond motifs is 1. The van der Waals surface area contributed by atoms with Crippen molar-refractivity contribution < 1.29 is 0 Å². The summed E-state index contributed by atoms with van der Waals surface area (Å²) in [6.45, 7) is 2.80. The summed E-state index contributed by atoms with van der Waals surface area (Å²) in [7, 11) is 0. The standard InChI is InChI=1S/C13H19N3/c1-8-15-11-5-4-9(6-7-14)12(11)13(16-8)10-2-3-10/h9-10H,2-7,14H2,1H3. The van der Waals surface area contributed by atoms with Gasteiger partial charge in [-0.25, -0.2) is 9.97 Å². The Bertz CT molecular complexity index is 410. The normalized spacial score (nSPS) is 23.5. The Morgan fingerprint density at radius 2 is 2.06 bits per heavy atom. The fourth-order valence-electron chi connectivity index (χ4n) is 2.91. The Labute approximate surface area is 96.5 Å². The molecule has 16 heavy (non-hydrogen) atoms. The first-order valence-corrected chi connectivity index (χ1v) is 6.37. The maximum absolute atomic E-state index is 5.70. The zero-order valence-electron chi connectivity index (χ0n) is 9.87. The van der Waals surface area contributed by atoms with Gasteiger partial charge in [0.05, 0.1) is 5.69 Å². The molecule has 3 rings (SSSR count). The molecule has 86 valence electrons. The van der Waals surface area contributed by atoms with Gasteiger partial charge in [-0.2, -0.15) is 0 Å². The van der Waals surface area contributed by atoms with Gasteiger partial charge in [0, 0.05) is 11.6 Å². The van der Waals surface area contributed by atoms with E-state index in [-0.39, 0.29) is 0 Å². The first-order chi connectivity index (χ1) is 7.79. The van der Waals surface area contributed by atoms with Gasteiger partial charge in [0.2, 0.25) is 0 Å². The van der Waals surface area contributed by atoms with Crippen molar-refractivity contribution in [1.29, 1.82) is 0 Å². The lowest BCUT2D eigenvalue weighted by Gasteiger charge is -2.14. The Balaban J connectivity index is 2.04. The van der Waals surface area contributed by atoms with E-state index in [1.54, 1.807) is 0 Å². The van der Waals surface area contributed by atoms with Crippen LogP contribution in [0.25, 0.3) is 0 Å². The lowest BCUT2D eigenvalue weighted by Crippen LogP contribution is -2.09. The van der Waals surface area contributed by atoms with Gasteiger partial charge in [-0.3, -0.25) is 0 Å². The van der Waals surface area contributed by atoms with Crippen LogP contribution in [0.15, 0.2) is 0 Å². The van der Waals surface area contributed by atoms with Crippen LogP contribution in [0, 0.1) is 6.92 Å². The molecule has 1 aromatic heterocycles. The van der Waals surface area contributed by atoms with Crippen molar-refractivity contribution in [2.45, 2.75) is 50.9 Å². The monoisotopic (exact) mass is 217 g/mol. The molecule has 3 nitrogen and oxygen atoms in total. The van der Waals surface area contributed by atoms with E-state index in [1.165, 1.54) is 36.2 Å². The van der Waals surface area contributed by atoms with Crippen LogP contribution in [-0.2, 0) is 6.42 Å². The predicted octanol–water partition coefficient (Wildman–Crippen LogP) is 2.04. The molecule has 0 aliphatic heterocycles. The van der Waals surface area contributed by atoms with Gasteiger partial charge in [0.25, 0.3) is 0 Å². The molecule has 0 radical (unpaired) electrons. The third-order valence-electron chi connectivity index (χ3n) is 3.78. The van der Waals surface area contributed by atoms with Crippen LogP contribution in [0.1, 0.15) is 60.3 Å². The molecule has 1 heterocycles. The van der Waals surface area contributed by atoms with Crippen LogP contribution in [0.5, 0.6) is 0 Å². The lowest BCUT2D eigenvalue weighted by atomic mass is 9.95. The van der Waals surface area contributed by atoms with Gasteiger partial charge in [-0.05, 0) is 57.1 Å². The van der Waals surface area contributed by atoms with Crippen LogP contribution in [0.2, 0.25) is 0 Å². The largest absolute Gasteiger partial charge is 0.330 e. The third kappa shape index (κ3) is 1.63. The van der Waals surface area contributed by atoms with Crippen molar-refractivity contribution in [1.82, 2.24) is 9.97 Å². The van der Waals surface area contributed by atoms with E-state index in [0.29, 0.717) is 5.92 Å². The fourth-order valence-corrected chi connectivity index (χ4v) is 2.91. The smallest absolute Gasteiger partial charge is 0.125 e. The van der Waals surface area contributed by atoms with E-state index < -0.39 is 0 Å². The van der Waals surface area contributed by atoms with Gasteiger partial charge >= 0.3 is 0 Å². The molecule has 1 fully saturated rings. The van der Waals surface area contributed by atoms with Crippen LogP contribution in [0.4, 0.5) is 0 Å². The van der Waals surface area contributed by atoms with Crippen molar-refractivity contribution >= 4 is 0 Å². The van der Waals surface area contributed by atoms with Crippen LogP contribution in [0.3, 0.4) is 0 Å². The summed E-state index contributed by atoms with van der Waals surface area (Å²) in [4.78, 5) is 9.29. The van der Waals surface area contributed by atoms with Crippen molar-refractivity contribution in [2.24, 2.45) is 5.73 Å². The van der Waals surface area contributed by atoms with E-state index in [1.807, 2.05) is 6.92 Å². The van der Waals surface area contributed by atoms with E-state index in [9.17, 15) is 0 Å². The van der Waals surface area contributed by atoms with Crippen LogP contribution < -0.4 is 5.73 Å². The highest BCUT2D eigenvalue weighted by atomic mass is 14.9. The highest BCUT2D eigenvalue weighted by molar-refractivity contribution is 5.38. The summed E-state index contributed by atoms with van der Waals surface area (Å²) in [5.41, 5.74) is 9.84. The molecule has 2 aliphatic rings. The van der Waals surface area contributed by atoms with Crippen LogP contribution >= 0.6 is 0 Å². The van der Waals surface area contributed by atoms with E-state index >= 15 is 0 Å². The zero-order valence-corrected chi connectivity index (χ0v) is 9.87. The molecule has 3 heteroatoms. The van der Waals surface area contributed by atoms with E-state index in [4.69, 9.17) is 5.73 Å². The lowest BCUT2D eigenvalue weighted by molar-refractivity contribution is 0.620. The quantitative estimate of drug-likeness (QED) is 0.843. The Morgan fingerprint density at radius 1 is 1.25 bits per heavy atom. The molecule has 0 bridgehead atoms. The Morgan fingerprint density at radius 3 is 2.75 bits per heavy atom. The number of aryl methyl sites for hydroxylation is 2. The molecule has 2 N–H and O–H groups in total. The molecule has 0 spiro atoms. The molecule has 1 aromatic rings. The molecule has 1 saturated carbocycles. The van der Waals surface area contributed by atoms with Gasteiger partial charge in [0.1, 0.15) is 5.82 Å². The zero-order chi connectivity index (χ0) is 11.1. The number of nitrogens with two attached hydrogens (primary N) is 1. The summed E-state index contributed by atoms with van der Waals surface area (Å²) in [5, 5.41) is 0. The summed E-state index contributed by atoms with van der Waals surface area (Å²) in [5.74, 6) is 2.32. The number of hydrogen-bond donors (Lipinski definition) is 1. The summed E-state index contributed by atoms with van der Waals surface area (Å²) < 4.78 is 0. The molecule has 1 atom stereocenters. The number of nitrogens with zero attached hydrogens (tertiary/aromatic N) is 2. The van der Waals surface area contributed by atoms with Crippen molar-refractivity contribution in [3.8, 4) is 0 Å². The van der Waals surface area contributed by atoms with Gasteiger partial charge in [0.15, 0.2) is 0 Å². The number of aromatic nitrogens is 2. The topological polar surface area (TPSA) is 51.8 Å². The average Bonchev–Trinajstić information content (AvgIpc) is 3.02. The molecular formula is C13H19N3. The predicted molar refractivity (Wildman–Crippen MR) is 63.5 cm³/mol. The average molecular weight is 217 g/mol. The second-order valence-electron chi connectivity index (χ2n) is 5.10. The molecule has 0 saturated heterocycles. The summed E-state index contributed by atoms with van der Waals surface area (Å²) >= 11 is 0. The SMILES string of the molecule is Cc1nc2c(c(C3CC3)n1)C(CCN)CC2. The highest BCUT2D eigenvalue weighted by Crippen LogP contribution is 2.46. The van der Waals surface area contributed by atoms with Crippen LogP contribution in [-0.4, -0.2) is 16.5 Å². The fraction of sp³-hybridized carbons (Fsp3) is 0.692. The minimum atomic E-state index is 0.635. The Hall–Kier alpha value is -0.960. The van der Waals surface area contributed by atoms with Crippen molar-refractivity contribution in [3.05, 3.63) is 22.8 Å². The van der Waals surface area contributed by atoms with E-state index in [0.717, 1.165) is 31.1 Å². The molecule has 0 aromatic carbocycles. The second kappa shape index (κ2) is 3.81. The van der Waals surface area contributed by atoms with E-state index in [2.05, 4.69) is 9.97 Å². The maximum atomic E-state index is 5.70. The van der Waals surface area contributed by atoms with Gasteiger partial charge in [-0.1, -0.05) is 0 Å². The number of hydrogen-bond acceptors (Lipinski definition) is 3.